The van der Waals surface area contributed by atoms with Crippen molar-refractivity contribution in [2.24, 2.45) is 0 Å². The summed E-state index contributed by atoms with van der Waals surface area (Å²) in [4.78, 5) is 4.44. The van der Waals surface area contributed by atoms with Crippen molar-refractivity contribution in [2.75, 3.05) is 0 Å². The van der Waals surface area contributed by atoms with E-state index in [0.717, 1.165) is 22.2 Å². The number of hydrogen-bond acceptors (Lipinski definition) is 6. The first-order chi connectivity index (χ1) is 16.1. The minimum Gasteiger partial charge on any atom is -0.338 e. The van der Waals surface area contributed by atoms with E-state index in [4.69, 9.17) is 4.52 Å². The van der Waals surface area contributed by atoms with Gasteiger partial charge in [-0.2, -0.15) is 4.98 Å². The molecule has 0 radical (unpaired) electrons. The SMILES string of the molecule is Cc1ccc(-n2c(SCc3nc(-c4ccc(F)cc4)no3)nnc2-c2ccccc2)cc1C. The maximum absolute atomic E-state index is 13.2. The van der Waals surface area contributed by atoms with Gasteiger partial charge in [-0.1, -0.05) is 53.3 Å². The first kappa shape index (κ1) is 21.1. The number of benzene rings is 3. The highest BCUT2D eigenvalue weighted by atomic mass is 32.2. The Hall–Kier alpha value is -3.78. The zero-order valence-electron chi connectivity index (χ0n) is 18.1. The van der Waals surface area contributed by atoms with Gasteiger partial charge in [-0.25, -0.2) is 4.39 Å². The quantitative estimate of drug-likeness (QED) is 0.290. The maximum Gasteiger partial charge on any atom is 0.237 e. The van der Waals surface area contributed by atoms with Crippen LogP contribution in [-0.2, 0) is 5.75 Å². The molecule has 5 aromatic rings. The zero-order valence-corrected chi connectivity index (χ0v) is 18.9. The molecule has 0 aliphatic carbocycles. The molecule has 0 fully saturated rings. The molecule has 2 heterocycles. The van der Waals surface area contributed by atoms with Gasteiger partial charge >= 0.3 is 0 Å². The van der Waals surface area contributed by atoms with Gasteiger partial charge < -0.3 is 4.52 Å². The Labute approximate surface area is 194 Å². The van der Waals surface area contributed by atoms with Gasteiger partial charge in [0, 0.05) is 11.1 Å². The highest BCUT2D eigenvalue weighted by Crippen LogP contribution is 2.30. The normalized spacial score (nSPS) is 11.1. The van der Waals surface area contributed by atoms with E-state index in [9.17, 15) is 4.39 Å². The van der Waals surface area contributed by atoms with Crippen molar-refractivity contribution in [3.05, 3.63) is 95.6 Å². The predicted octanol–water partition coefficient (Wildman–Crippen LogP) is 6.03. The monoisotopic (exact) mass is 457 g/mol. The molecule has 33 heavy (non-hydrogen) atoms. The van der Waals surface area contributed by atoms with Crippen molar-refractivity contribution in [1.29, 1.82) is 0 Å². The highest BCUT2D eigenvalue weighted by molar-refractivity contribution is 7.98. The number of thioether (sulfide) groups is 1. The maximum atomic E-state index is 13.2. The van der Waals surface area contributed by atoms with Gasteiger partial charge in [0.1, 0.15) is 5.82 Å². The van der Waals surface area contributed by atoms with Crippen LogP contribution in [-0.4, -0.2) is 24.9 Å². The summed E-state index contributed by atoms with van der Waals surface area (Å²) in [7, 11) is 0. The van der Waals surface area contributed by atoms with Gasteiger partial charge in [-0.15, -0.1) is 10.2 Å². The second-order valence-corrected chi connectivity index (χ2v) is 8.53. The smallest absolute Gasteiger partial charge is 0.237 e. The first-order valence-corrected chi connectivity index (χ1v) is 11.4. The number of aryl methyl sites for hydroxylation is 2. The molecule has 8 heteroatoms. The largest absolute Gasteiger partial charge is 0.338 e. The summed E-state index contributed by atoms with van der Waals surface area (Å²) in [6.07, 6.45) is 0. The van der Waals surface area contributed by atoms with E-state index in [1.54, 1.807) is 12.1 Å². The highest BCUT2D eigenvalue weighted by Gasteiger charge is 2.18. The molecule has 2 aromatic heterocycles. The number of nitrogens with zero attached hydrogens (tertiary/aromatic N) is 5. The lowest BCUT2D eigenvalue weighted by molar-refractivity contribution is 0.391. The van der Waals surface area contributed by atoms with Crippen LogP contribution in [0.4, 0.5) is 4.39 Å². The second kappa shape index (κ2) is 8.99. The molecule has 6 nitrogen and oxygen atoms in total. The summed E-state index contributed by atoms with van der Waals surface area (Å²) in [5.74, 6) is 1.75. The summed E-state index contributed by atoms with van der Waals surface area (Å²) in [5, 5.41) is 13.7. The van der Waals surface area contributed by atoms with E-state index >= 15 is 0 Å². The molecule has 0 unspecified atom stereocenters. The fourth-order valence-electron chi connectivity index (χ4n) is 3.39. The third-order valence-corrected chi connectivity index (χ3v) is 6.22. The van der Waals surface area contributed by atoms with Crippen molar-refractivity contribution in [1.82, 2.24) is 24.9 Å². The summed E-state index contributed by atoms with van der Waals surface area (Å²) < 4.78 is 20.6. The number of rotatable bonds is 6. The molecular formula is C25H20FN5OS. The van der Waals surface area contributed by atoms with Crippen LogP contribution >= 0.6 is 11.8 Å². The molecule has 0 aliphatic heterocycles. The van der Waals surface area contributed by atoms with Gasteiger partial charge in [-0.3, -0.25) is 4.57 Å². The Kier molecular flexibility index (Phi) is 5.75. The van der Waals surface area contributed by atoms with Crippen LogP contribution in [0.15, 0.2) is 82.5 Å². The molecule has 0 atom stereocenters. The lowest BCUT2D eigenvalue weighted by atomic mass is 10.1. The Morgan fingerprint density at radius 3 is 2.42 bits per heavy atom. The van der Waals surface area contributed by atoms with Crippen LogP contribution < -0.4 is 0 Å². The predicted molar refractivity (Wildman–Crippen MR) is 126 cm³/mol. The number of halogens is 1. The van der Waals surface area contributed by atoms with Crippen LogP contribution in [0.5, 0.6) is 0 Å². The Morgan fingerprint density at radius 1 is 0.879 bits per heavy atom. The molecule has 3 aromatic carbocycles. The van der Waals surface area contributed by atoms with E-state index in [2.05, 4.69) is 52.4 Å². The summed E-state index contributed by atoms with van der Waals surface area (Å²) in [5.41, 5.74) is 5.08. The molecule has 164 valence electrons. The summed E-state index contributed by atoms with van der Waals surface area (Å²) in [6, 6.07) is 22.3. The second-order valence-electron chi connectivity index (χ2n) is 7.58. The number of aromatic nitrogens is 5. The molecular weight excluding hydrogens is 437 g/mol. The average molecular weight is 458 g/mol. The molecule has 0 bridgehead atoms. The van der Waals surface area contributed by atoms with Gasteiger partial charge in [-0.05, 0) is 61.4 Å². The van der Waals surface area contributed by atoms with E-state index in [1.807, 2.05) is 34.9 Å². The third kappa shape index (κ3) is 4.42. The van der Waals surface area contributed by atoms with E-state index in [1.165, 1.54) is 35.0 Å². The van der Waals surface area contributed by atoms with Crippen LogP contribution in [0.2, 0.25) is 0 Å². The van der Waals surface area contributed by atoms with Crippen LogP contribution in [0.3, 0.4) is 0 Å². The molecule has 0 saturated carbocycles. The Balaban J connectivity index is 1.45. The minimum absolute atomic E-state index is 0.307. The van der Waals surface area contributed by atoms with Crippen LogP contribution in [0, 0.1) is 19.7 Å². The molecule has 0 saturated heterocycles. The van der Waals surface area contributed by atoms with Crippen LogP contribution in [0.1, 0.15) is 17.0 Å². The average Bonchev–Trinajstić information content (AvgIpc) is 3.48. The molecule has 0 amide bonds. The standard InChI is InChI=1S/C25H20FN5OS/c1-16-8-13-21(14-17(16)2)31-24(19-6-4-3-5-7-19)28-29-25(31)33-15-22-27-23(30-32-22)18-9-11-20(26)12-10-18/h3-14H,15H2,1-2H3. The molecule has 0 N–H and O–H groups in total. The van der Waals surface area contributed by atoms with Gasteiger partial charge in [0.2, 0.25) is 11.7 Å². The number of hydrogen-bond donors (Lipinski definition) is 0. The third-order valence-electron chi connectivity index (χ3n) is 5.31. The molecule has 0 spiro atoms. The zero-order chi connectivity index (χ0) is 22.8. The van der Waals surface area contributed by atoms with Gasteiger partial charge in [0.15, 0.2) is 11.0 Å². The van der Waals surface area contributed by atoms with Crippen molar-refractivity contribution >= 4 is 11.8 Å². The summed E-state index contributed by atoms with van der Waals surface area (Å²) in [6.45, 7) is 4.18. The van der Waals surface area contributed by atoms with E-state index < -0.39 is 0 Å². The lowest BCUT2D eigenvalue weighted by Gasteiger charge is -2.12. The van der Waals surface area contributed by atoms with E-state index in [0.29, 0.717) is 23.0 Å². The Bertz CT molecular complexity index is 1400. The fraction of sp³-hybridized carbons (Fsp3) is 0.120. The van der Waals surface area contributed by atoms with Gasteiger partial charge in [0.05, 0.1) is 11.4 Å². The van der Waals surface area contributed by atoms with Crippen molar-refractivity contribution in [2.45, 2.75) is 24.8 Å². The van der Waals surface area contributed by atoms with Crippen LogP contribution in [0.25, 0.3) is 28.5 Å². The van der Waals surface area contributed by atoms with E-state index in [-0.39, 0.29) is 5.82 Å². The van der Waals surface area contributed by atoms with Crippen molar-refractivity contribution in [3.63, 3.8) is 0 Å². The first-order valence-electron chi connectivity index (χ1n) is 10.4. The van der Waals surface area contributed by atoms with Gasteiger partial charge in [0.25, 0.3) is 0 Å². The van der Waals surface area contributed by atoms with Crippen molar-refractivity contribution < 1.29 is 8.91 Å². The molecule has 0 aliphatic rings. The fourth-order valence-corrected chi connectivity index (χ4v) is 4.18. The topological polar surface area (TPSA) is 69.6 Å². The Morgan fingerprint density at radius 2 is 1.67 bits per heavy atom. The molecule has 5 rings (SSSR count). The van der Waals surface area contributed by atoms with Crippen molar-refractivity contribution in [3.8, 4) is 28.5 Å². The minimum atomic E-state index is -0.307. The summed E-state index contributed by atoms with van der Waals surface area (Å²) >= 11 is 1.46. The lowest BCUT2D eigenvalue weighted by Crippen LogP contribution is -2.01.